The Labute approximate surface area is 133 Å². The molecule has 0 aliphatic heterocycles. The van der Waals surface area contributed by atoms with Crippen LogP contribution in [0, 0.1) is 5.21 Å². The van der Waals surface area contributed by atoms with E-state index < -0.39 is 29.0 Å². The number of hydrogen-bond acceptors (Lipinski definition) is 2. The van der Waals surface area contributed by atoms with Gasteiger partial charge in [-0.15, -0.1) is 0 Å². The van der Waals surface area contributed by atoms with Crippen molar-refractivity contribution < 1.29 is 31.1 Å². The number of halogens is 6. The van der Waals surface area contributed by atoms with Gasteiger partial charge in [0.15, 0.2) is 6.20 Å². The smallest absolute Gasteiger partial charge is 0.417 e. The fourth-order valence-electron chi connectivity index (χ4n) is 2.13. The molecule has 130 valence electrons. The van der Waals surface area contributed by atoms with Crippen molar-refractivity contribution in [1.29, 1.82) is 0 Å². The second-order valence-electron chi connectivity index (χ2n) is 5.25. The van der Waals surface area contributed by atoms with Crippen molar-refractivity contribution in [2.45, 2.75) is 12.4 Å². The van der Waals surface area contributed by atoms with Crippen LogP contribution in [0.15, 0.2) is 36.5 Å². The molecule has 0 aliphatic rings. The van der Waals surface area contributed by atoms with Crippen LogP contribution in [-0.2, 0) is 12.4 Å². The van der Waals surface area contributed by atoms with E-state index in [2.05, 4.69) is 0 Å². The maximum Gasteiger partial charge on any atom is 0.417 e. The van der Waals surface area contributed by atoms with Gasteiger partial charge in [0.25, 0.3) is 0 Å². The number of benzene rings is 1. The highest BCUT2D eigenvalue weighted by Gasteiger charge is 2.39. The van der Waals surface area contributed by atoms with E-state index in [9.17, 15) is 31.5 Å². The number of alkyl halides is 6. The molecule has 0 atom stereocenters. The second-order valence-corrected chi connectivity index (χ2v) is 5.25. The number of anilines is 1. The molecule has 1 heterocycles. The highest BCUT2D eigenvalue weighted by Crippen LogP contribution is 2.40. The average molecular weight is 350 g/mol. The van der Waals surface area contributed by atoms with E-state index >= 15 is 0 Å². The third-order valence-electron chi connectivity index (χ3n) is 3.35. The molecule has 0 bridgehead atoms. The van der Waals surface area contributed by atoms with Crippen molar-refractivity contribution in [3.8, 4) is 11.3 Å². The van der Waals surface area contributed by atoms with Crippen molar-refractivity contribution in [1.82, 2.24) is 0 Å². The summed E-state index contributed by atoms with van der Waals surface area (Å²) >= 11 is 0. The van der Waals surface area contributed by atoms with Crippen molar-refractivity contribution in [2.24, 2.45) is 0 Å². The fourth-order valence-corrected chi connectivity index (χ4v) is 2.13. The van der Waals surface area contributed by atoms with Crippen molar-refractivity contribution in [3.63, 3.8) is 0 Å². The molecule has 0 unspecified atom stereocenters. The lowest BCUT2D eigenvalue weighted by molar-refractivity contribution is -0.593. The lowest BCUT2D eigenvalue weighted by Crippen LogP contribution is -2.30. The van der Waals surface area contributed by atoms with Crippen LogP contribution in [0.2, 0.25) is 0 Å². The second kappa shape index (κ2) is 5.88. The Bertz CT molecular complexity index is 753. The van der Waals surface area contributed by atoms with Gasteiger partial charge < -0.3 is 10.1 Å². The summed E-state index contributed by atoms with van der Waals surface area (Å²) < 4.78 is 77.9. The van der Waals surface area contributed by atoms with Gasteiger partial charge in [0.2, 0.25) is 5.69 Å². The Morgan fingerprint density at radius 1 is 0.917 bits per heavy atom. The third kappa shape index (κ3) is 3.55. The van der Waals surface area contributed by atoms with E-state index in [0.717, 1.165) is 6.20 Å². The SMILES string of the molecule is CN(C)c1cc[n+]([O-])c(-c2ccc(C(F)(F)F)cc2C(F)(F)F)c1. The van der Waals surface area contributed by atoms with E-state index in [1.165, 1.54) is 12.1 Å². The van der Waals surface area contributed by atoms with Crippen molar-refractivity contribution in [2.75, 3.05) is 19.0 Å². The average Bonchev–Trinajstić information content (AvgIpc) is 2.45. The van der Waals surface area contributed by atoms with Gasteiger partial charge in [0.1, 0.15) is 0 Å². The van der Waals surface area contributed by atoms with Gasteiger partial charge in [-0.1, -0.05) is 0 Å². The minimum atomic E-state index is -5.04. The molecule has 0 saturated heterocycles. The lowest BCUT2D eigenvalue weighted by atomic mass is 9.99. The van der Waals surface area contributed by atoms with Crippen LogP contribution in [0.4, 0.5) is 32.0 Å². The van der Waals surface area contributed by atoms with Gasteiger partial charge in [-0.05, 0) is 18.2 Å². The predicted octanol–water partition coefficient (Wildman–Crippen LogP) is 4.09. The minimum Gasteiger partial charge on any atom is -0.618 e. The van der Waals surface area contributed by atoms with Crippen LogP contribution in [0.25, 0.3) is 11.3 Å². The maximum absolute atomic E-state index is 13.2. The topological polar surface area (TPSA) is 30.2 Å². The number of rotatable bonds is 2. The number of pyridine rings is 1. The zero-order valence-corrected chi connectivity index (χ0v) is 12.5. The highest BCUT2D eigenvalue weighted by molar-refractivity contribution is 5.66. The summed E-state index contributed by atoms with van der Waals surface area (Å²) in [4.78, 5) is 1.56. The number of hydrogen-bond donors (Lipinski definition) is 0. The monoisotopic (exact) mass is 350 g/mol. The molecule has 0 fully saturated rings. The molecule has 0 N–H and O–H groups in total. The molecular formula is C15H12F6N2O. The van der Waals surface area contributed by atoms with Gasteiger partial charge in [0.05, 0.1) is 16.7 Å². The molecule has 1 aromatic carbocycles. The first-order valence-corrected chi connectivity index (χ1v) is 6.60. The lowest BCUT2D eigenvalue weighted by Gasteiger charge is -2.17. The molecule has 9 heteroatoms. The Morgan fingerprint density at radius 3 is 2.04 bits per heavy atom. The number of aromatic nitrogens is 1. The molecule has 3 nitrogen and oxygen atoms in total. The third-order valence-corrected chi connectivity index (χ3v) is 3.35. The van der Waals surface area contributed by atoms with Crippen LogP contribution in [0.1, 0.15) is 11.1 Å². The first-order chi connectivity index (χ1) is 10.9. The van der Waals surface area contributed by atoms with Gasteiger partial charge >= 0.3 is 12.4 Å². The Morgan fingerprint density at radius 2 is 1.54 bits per heavy atom. The maximum atomic E-state index is 13.2. The molecule has 0 spiro atoms. The summed E-state index contributed by atoms with van der Waals surface area (Å²) in [5.74, 6) is 0. The molecular weight excluding hydrogens is 338 g/mol. The van der Waals surface area contributed by atoms with Crippen LogP contribution in [-0.4, -0.2) is 14.1 Å². The molecule has 0 saturated carbocycles. The van der Waals surface area contributed by atoms with Crippen LogP contribution >= 0.6 is 0 Å². The molecule has 0 radical (unpaired) electrons. The first-order valence-electron chi connectivity index (χ1n) is 6.60. The van der Waals surface area contributed by atoms with E-state index in [0.29, 0.717) is 17.8 Å². The summed E-state index contributed by atoms with van der Waals surface area (Å²) in [5, 5.41) is 11.9. The Balaban J connectivity index is 2.73. The van der Waals surface area contributed by atoms with Crippen LogP contribution in [0.5, 0.6) is 0 Å². The molecule has 0 aliphatic carbocycles. The highest BCUT2D eigenvalue weighted by atomic mass is 19.4. The van der Waals surface area contributed by atoms with Gasteiger partial charge in [-0.2, -0.15) is 31.1 Å². The van der Waals surface area contributed by atoms with E-state index in [4.69, 9.17) is 0 Å². The molecule has 2 rings (SSSR count). The summed E-state index contributed by atoms with van der Waals surface area (Å²) in [7, 11) is 3.23. The van der Waals surface area contributed by atoms with E-state index in [-0.39, 0.29) is 16.5 Å². The summed E-state index contributed by atoms with van der Waals surface area (Å²) in [6.07, 6.45) is -8.96. The molecule has 1 aromatic heterocycles. The zero-order chi connectivity index (χ0) is 18.3. The van der Waals surface area contributed by atoms with Crippen molar-refractivity contribution in [3.05, 3.63) is 52.9 Å². The minimum absolute atomic E-state index is 0.0116. The summed E-state index contributed by atoms with van der Waals surface area (Å²) in [5.41, 5.74) is -3.51. The number of nitrogens with zero attached hydrogens (tertiary/aromatic N) is 2. The standard InChI is InChI=1S/C15H12F6N2O/c1-22(2)10-5-6-23(24)13(8-10)11-4-3-9(14(16,17)18)7-12(11)15(19,20)21/h3-8H,1-2H3. The van der Waals surface area contributed by atoms with Gasteiger partial charge in [-0.25, -0.2) is 0 Å². The zero-order valence-electron chi connectivity index (χ0n) is 12.5. The quantitative estimate of drug-likeness (QED) is 0.464. The first kappa shape index (κ1) is 17.9. The summed E-state index contributed by atoms with van der Waals surface area (Å²) in [6, 6.07) is 3.76. The van der Waals surface area contributed by atoms with Crippen LogP contribution in [0.3, 0.4) is 0 Å². The van der Waals surface area contributed by atoms with Gasteiger partial charge in [-0.3, -0.25) is 0 Å². The van der Waals surface area contributed by atoms with E-state index in [1.54, 1.807) is 19.0 Å². The molecule has 0 amide bonds. The Hall–Kier alpha value is -2.45. The van der Waals surface area contributed by atoms with E-state index in [1.807, 2.05) is 0 Å². The van der Waals surface area contributed by atoms with Gasteiger partial charge in [0, 0.05) is 31.9 Å². The fraction of sp³-hybridized carbons (Fsp3) is 0.267. The predicted molar refractivity (Wildman–Crippen MR) is 75.2 cm³/mol. The Kier molecular flexibility index (Phi) is 4.38. The molecule has 2 aromatic rings. The summed E-state index contributed by atoms with van der Waals surface area (Å²) in [6.45, 7) is 0. The molecule has 24 heavy (non-hydrogen) atoms. The van der Waals surface area contributed by atoms with Crippen LogP contribution < -0.4 is 9.63 Å². The van der Waals surface area contributed by atoms with Crippen molar-refractivity contribution >= 4 is 5.69 Å². The normalized spacial score (nSPS) is 12.3. The largest absolute Gasteiger partial charge is 0.618 e.